The van der Waals surface area contributed by atoms with Crippen molar-refractivity contribution in [3.05, 3.63) is 72.3 Å². The summed E-state index contributed by atoms with van der Waals surface area (Å²) in [6, 6.07) is 21.6. The molecule has 0 saturated heterocycles. The van der Waals surface area contributed by atoms with E-state index >= 15 is 0 Å². The third-order valence-corrected chi connectivity index (χ3v) is 6.40. The quantitative estimate of drug-likeness (QED) is 0.217. The van der Waals surface area contributed by atoms with Crippen molar-refractivity contribution >= 4 is 22.4 Å². The van der Waals surface area contributed by atoms with Gasteiger partial charge in [0.05, 0.1) is 12.3 Å². The highest BCUT2D eigenvalue weighted by molar-refractivity contribution is 6.07. The van der Waals surface area contributed by atoms with Crippen molar-refractivity contribution in [3.8, 4) is 5.75 Å². The maximum atomic E-state index is 12.8. The standard InChI is InChI=1S/C31H41NO2/c1-2-3-4-5-6-7-8-9-10-11-12-17-24-34-30-21-16-15-20-29(30)32-31(33)28-23-22-26-18-13-14-19-27(26)25-28/h13-16,18-23,25H,2-12,17,24H2,1H3,(H,32,33). The fourth-order valence-corrected chi connectivity index (χ4v) is 4.35. The number of benzene rings is 3. The fraction of sp³-hybridized carbons (Fsp3) is 0.452. The summed E-state index contributed by atoms with van der Waals surface area (Å²) in [7, 11) is 0. The summed E-state index contributed by atoms with van der Waals surface area (Å²) in [4.78, 5) is 12.8. The van der Waals surface area contributed by atoms with Gasteiger partial charge in [-0.3, -0.25) is 4.79 Å². The predicted octanol–water partition coefficient (Wildman–Crippen LogP) is 9.17. The predicted molar refractivity (Wildman–Crippen MR) is 145 cm³/mol. The molecule has 0 spiro atoms. The molecule has 0 radical (unpaired) electrons. The summed E-state index contributed by atoms with van der Waals surface area (Å²) in [5, 5.41) is 5.22. The minimum atomic E-state index is -0.118. The number of hydrogen-bond donors (Lipinski definition) is 1. The second kappa shape index (κ2) is 15.2. The molecule has 0 atom stereocenters. The van der Waals surface area contributed by atoms with Crippen LogP contribution in [0.15, 0.2) is 66.7 Å². The van der Waals surface area contributed by atoms with Crippen molar-refractivity contribution in [1.29, 1.82) is 0 Å². The van der Waals surface area contributed by atoms with Crippen LogP contribution in [-0.4, -0.2) is 12.5 Å². The van der Waals surface area contributed by atoms with E-state index in [4.69, 9.17) is 4.74 Å². The zero-order chi connectivity index (χ0) is 23.8. The topological polar surface area (TPSA) is 38.3 Å². The van der Waals surface area contributed by atoms with Gasteiger partial charge in [-0.1, -0.05) is 120 Å². The van der Waals surface area contributed by atoms with E-state index in [1.54, 1.807) is 0 Å². The van der Waals surface area contributed by atoms with Gasteiger partial charge in [0.2, 0.25) is 0 Å². The van der Waals surface area contributed by atoms with E-state index in [1.807, 2.05) is 60.7 Å². The average molecular weight is 460 g/mol. The molecule has 34 heavy (non-hydrogen) atoms. The Hall–Kier alpha value is -2.81. The molecule has 182 valence electrons. The Bertz CT molecular complexity index is 997. The van der Waals surface area contributed by atoms with Crippen LogP contribution in [0.3, 0.4) is 0 Å². The normalized spacial score (nSPS) is 11.0. The summed E-state index contributed by atoms with van der Waals surface area (Å²) < 4.78 is 6.02. The number of carbonyl (C=O) groups is 1. The lowest BCUT2D eigenvalue weighted by Crippen LogP contribution is -2.13. The molecule has 1 N–H and O–H groups in total. The van der Waals surface area contributed by atoms with E-state index in [0.717, 1.165) is 28.6 Å². The summed E-state index contributed by atoms with van der Waals surface area (Å²) in [6.45, 7) is 2.95. The van der Waals surface area contributed by atoms with Crippen molar-refractivity contribution in [2.45, 2.75) is 84.0 Å². The first-order valence-electron chi connectivity index (χ1n) is 13.3. The highest BCUT2D eigenvalue weighted by Crippen LogP contribution is 2.25. The van der Waals surface area contributed by atoms with Crippen LogP contribution < -0.4 is 10.1 Å². The van der Waals surface area contributed by atoms with Crippen LogP contribution in [0.5, 0.6) is 5.75 Å². The molecule has 0 aliphatic carbocycles. The van der Waals surface area contributed by atoms with Crippen LogP contribution in [0.1, 0.15) is 94.3 Å². The second-order valence-electron chi connectivity index (χ2n) is 9.25. The average Bonchev–Trinajstić information content (AvgIpc) is 2.87. The number of nitrogens with one attached hydrogen (secondary N) is 1. The lowest BCUT2D eigenvalue weighted by atomic mass is 10.1. The van der Waals surface area contributed by atoms with Gasteiger partial charge in [0.1, 0.15) is 5.75 Å². The first-order valence-corrected chi connectivity index (χ1v) is 13.3. The minimum Gasteiger partial charge on any atom is -0.491 e. The van der Waals surface area contributed by atoms with Crippen LogP contribution in [0.25, 0.3) is 10.8 Å². The van der Waals surface area contributed by atoms with E-state index < -0.39 is 0 Å². The summed E-state index contributed by atoms with van der Waals surface area (Å²) >= 11 is 0. The molecule has 3 aromatic rings. The Balaban J connectivity index is 1.34. The van der Waals surface area contributed by atoms with Gasteiger partial charge in [-0.2, -0.15) is 0 Å². The maximum Gasteiger partial charge on any atom is 0.255 e. The number of rotatable bonds is 16. The summed E-state index contributed by atoms with van der Waals surface area (Å²) in [5.41, 5.74) is 1.37. The molecule has 0 unspecified atom stereocenters. The van der Waals surface area contributed by atoms with Crippen molar-refractivity contribution in [1.82, 2.24) is 0 Å². The molecular formula is C31H41NO2. The zero-order valence-corrected chi connectivity index (χ0v) is 20.9. The Kier molecular flexibility index (Phi) is 11.5. The van der Waals surface area contributed by atoms with Crippen molar-refractivity contribution in [2.75, 3.05) is 11.9 Å². The number of amides is 1. The number of carbonyl (C=O) groups excluding carboxylic acids is 1. The van der Waals surface area contributed by atoms with Gasteiger partial charge in [0.15, 0.2) is 0 Å². The van der Waals surface area contributed by atoms with Gasteiger partial charge in [0.25, 0.3) is 5.91 Å². The number of anilines is 1. The lowest BCUT2D eigenvalue weighted by molar-refractivity contribution is 0.102. The van der Waals surface area contributed by atoms with Crippen LogP contribution in [0.2, 0.25) is 0 Å². The molecular weight excluding hydrogens is 418 g/mol. The van der Waals surface area contributed by atoms with E-state index in [9.17, 15) is 4.79 Å². The van der Waals surface area contributed by atoms with E-state index in [0.29, 0.717) is 12.2 Å². The second-order valence-corrected chi connectivity index (χ2v) is 9.25. The molecule has 1 amide bonds. The molecule has 0 aromatic heterocycles. The Morgan fingerprint density at radius 3 is 1.97 bits per heavy atom. The van der Waals surface area contributed by atoms with Gasteiger partial charge in [-0.05, 0) is 41.5 Å². The molecule has 0 aliphatic heterocycles. The van der Waals surface area contributed by atoms with Gasteiger partial charge < -0.3 is 10.1 Å². The van der Waals surface area contributed by atoms with Crippen LogP contribution >= 0.6 is 0 Å². The molecule has 3 nitrogen and oxygen atoms in total. The van der Waals surface area contributed by atoms with E-state index in [2.05, 4.69) is 18.3 Å². The SMILES string of the molecule is CCCCCCCCCCCCCCOc1ccccc1NC(=O)c1ccc2ccccc2c1. The van der Waals surface area contributed by atoms with Crippen molar-refractivity contribution in [2.24, 2.45) is 0 Å². The van der Waals surface area contributed by atoms with Gasteiger partial charge in [-0.25, -0.2) is 0 Å². The number of unbranched alkanes of at least 4 members (excludes halogenated alkanes) is 11. The third-order valence-electron chi connectivity index (χ3n) is 6.40. The van der Waals surface area contributed by atoms with Gasteiger partial charge in [-0.15, -0.1) is 0 Å². The molecule has 0 heterocycles. The molecule has 0 fully saturated rings. The first-order chi connectivity index (χ1) is 16.8. The number of hydrogen-bond acceptors (Lipinski definition) is 2. The van der Waals surface area contributed by atoms with E-state index in [-0.39, 0.29) is 5.91 Å². The monoisotopic (exact) mass is 459 g/mol. The highest BCUT2D eigenvalue weighted by Gasteiger charge is 2.10. The van der Waals surface area contributed by atoms with E-state index in [1.165, 1.54) is 70.6 Å². The summed E-state index contributed by atoms with van der Waals surface area (Å²) in [5.74, 6) is 0.617. The summed E-state index contributed by atoms with van der Waals surface area (Å²) in [6.07, 6.45) is 15.9. The third kappa shape index (κ3) is 8.85. The molecule has 3 heteroatoms. The molecule has 3 rings (SSSR count). The smallest absolute Gasteiger partial charge is 0.255 e. The number of ether oxygens (including phenoxy) is 1. The van der Waals surface area contributed by atoms with Gasteiger partial charge >= 0.3 is 0 Å². The first kappa shape index (κ1) is 25.8. The number of fused-ring (bicyclic) bond motifs is 1. The van der Waals surface area contributed by atoms with Crippen molar-refractivity contribution < 1.29 is 9.53 Å². The Morgan fingerprint density at radius 1 is 0.676 bits per heavy atom. The molecule has 0 saturated carbocycles. The fourth-order valence-electron chi connectivity index (χ4n) is 4.35. The zero-order valence-electron chi connectivity index (χ0n) is 20.9. The minimum absolute atomic E-state index is 0.118. The lowest BCUT2D eigenvalue weighted by Gasteiger charge is -2.13. The highest BCUT2D eigenvalue weighted by atomic mass is 16.5. The molecule has 0 aliphatic rings. The van der Waals surface area contributed by atoms with Crippen LogP contribution in [-0.2, 0) is 0 Å². The van der Waals surface area contributed by atoms with Crippen molar-refractivity contribution in [3.63, 3.8) is 0 Å². The Morgan fingerprint density at radius 2 is 1.26 bits per heavy atom. The number of para-hydroxylation sites is 2. The van der Waals surface area contributed by atoms with Crippen LogP contribution in [0, 0.1) is 0 Å². The largest absolute Gasteiger partial charge is 0.491 e. The molecule has 3 aromatic carbocycles. The molecule has 0 bridgehead atoms. The maximum absolute atomic E-state index is 12.8. The van der Waals surface area contributed by atoms with Gasteiger partial charge in [0, 0.05) is 5.56 Å². The Labute approximate surface area is 205 Å². The van der Waals surface area contributed by atoms with Crippen LogP contribution in [0.4, 0.5) is 5.69 Å².